The molecule has 22 heavy (non-hydrogen) atoms. The van der Waals surface area contributed by atoms with Gasteiger partial charge in [-0.3, -0.25) is 9.48 Å². The molecule has 0 aliphatic carbocycles. The molecule has 0 atom stereocenters. The van der Waals surface area contributed by atoms with Gasteiger partial charge in [0, 0.05) is 38.1 Å². The van der Waals surface area contributed by atoms with Crippen LogP contribution in [0.3, 0.4) is 0 Å². The number of carbonyl (C=O) groups is 1. The molecule has 0 spiro atoms. The molecule has 0 radical (unpaired) electrons. The monoisotopic (exact) mass is 299 g/mol. The van der Waals surface area contributed by atoms with Crippen LogP contribution in [0.4, 0.5) is 0 Å². The molecule has 2 aromatic rings. The van der Waals surface area contributed by atoms with E-state index in [4.69, 9.17) is 4.74 Å². The van der Waals surface area contributed by atoms with Gasteiger partial charge in [0.15, 0.2) is 0 Å². The van der Waals surface area contributed by atoms with E-state index in [2.05, 4.69) is 22.5 Å². The van der Waals surface area contributed by atoms with E-state index in [1.54, 1.807) is 6.20 Å². The van der Waals surface area contributed by atoms with Crippen molar-refractivity contribution >= 4 is 5.91 Å². The summed E-state index contributed by atoms with van der Waals surface area (Å²) in [6.07, 6.45) is 5.36. The van der Waals surface area contributed by atoms with Gasteiger partial charge in [-0.25, -0.2) is 0 Å². The largest absolute Gasteiger partial charge is 0.381 e. The highest BCUT2D eigenvalue weighted by molar-refractivity contribution is 5.78. The Hall–Kier alpha value is -2.14. The zero-order valence-corrected chi connectivity index (χ0v) is 12.6. The average Bonchev–Trinajstić information content (AvgIpc) is 3.07. The van der Waals surface area contributed by atoms with Crippen LogP contribution in [0, 0.1) is 5.92 Å². The third kappa shape index (κ3) is 3.74. The van der Waals surface area contributed by atoms with Crippen molar-refractivity contribution in [1.29, 1.82) is 0 Å². The fourth-order valence-corrected chi connectivity index (χ4v) is 2.74. The van der Waals surface area contributed by atoms with Crippen molar-refractivity contribution in [2.45, 2.75) is 25.9 Å². The van der Waals surface area contributed by atoms with E-state index < -0.39 is 0 Å². The Morgan fingerprint density at radius 3 is 2.73 bits per heavy atom. The van der Waals surface area contributed by atoms with Gasteiger partial charge in [-0.1, -0.05) is 24.3 Å². The van der Waals surface area contributed by atoms with Gasteiger partial charge in [0.2, 0.25) is 5.91 Å². The van der Waals surface area contributed by atoms with Gasteiger partial charge >= 0.3 is 0 Å². The van der Waals surface area contributed by atoms with E-state index in [0.29, 0.717) is 19.8 Å². The summed E-state index contributed by atoms with van der Waals surface area (Å²) in [6.45, 7) is 2.66. The van der Waals surface area contributed by atoms with Crippen LogP contribution >= 0.6 is 0 Å². The van der Waals surface area contributed by atoms with Gasteiger partial charge in [0.25, 0.3) is 0 Å². The summed E-state index contributed by atoms with van der Waals surface area (Å²) < 4.78 is 7.19. The van der Waals surface area contributed by atoms with Gasteiger partial charge < -0.3 is 10.1 Å². The number of nitrogens with zero attached hydrogens (tertiary/aromatic N) is 2. The highest BCUT2D eigenvalue weighted by Crippen LogP contribution is 2.15. The number of nitrogens with one attached hydrogen (secondary N) is 1. The maximum Gasteiger partial charge on any atom is 0.223 e. The van der Waals surface area contributed by atoms with Crippen LogP contribution in [0.15, 0.2) is 42.7 Å². The summed E-state index contributed by atoms with van der Waals surface area (Å²) in [4.78, 5) is 12.2. The number of hydrogen-bond acceptors (Lipinski definition) is 3. The lowest BCUT2D eigenvalue weighted by Crippen LogP contribution is -2.34. The third-order valence-corrected chi connectivity index (χ3v) is 4.06. The van der Waals surface area contributed by atoms with Crippen molar-refractivity contribution in [2.75, 3.05) is 13.2 Å². The standard InChI is InChI=1S/C17H21N3O2/c21-17(14-6-10-22-11-7-14)18-12-15-4-1-2-5-16(15)13-20-9-3-8-19-20/h1-5,8-9,14H,6-7,10-13H2,(H,18,21). The Bertz CT molecular complexity index is 604. The number of hydrogen-bond donors (Lipinski definition) is 1. The first-order chi connectivity index (χ1) is 10.8. The van der Waals surface area contributed by atoms with Crippen molar-refractivity contribution in [1.82, 2.24) is 15.1 Å². The quantitative estimate of drug-likeness (QED) is 0.918. The first-order valence-electron chi connectivity index (χ1n) is 7.72. The minimum atomic E-state index is 0.0898. The predicted octanol–water partition coefficient (Wildman–Crippen LogP) is 1.97. The molecule has 0 unspecified atom stereocenters. The maximum atomic E-state index is 12.2. The average molecular weight is 299 g/mol. The molecule has 1 aromatic carbocycles. The number of carbonyl (C=O) groups excluding carboxylic acids is 1. The predicted molar refractivity (Wildman–Crippen MR) is 83.2 cm³/mol. The lowest BCUT2D eigenvalue weighted by atomic mass is 9.99. The van der Waals surface area contributed by atoms with Crippen LogP contribution in [0.5, 0.6) is 0 Å². The lowest BCUT2D eigenvalue weighted by Gasteiger charge is -2.21. The molecular weight excluding hydrogens is 278 g/mol. The molecule has 116 valence electrons. The Balaban J connectivity index is 1.61. The topological polar surface area (TPSA) is 56.2 Å². The van der Waals surface area contributed by atoms with Crippen LogP contribution < -0.4 is 5.32 Å². The Morgan fingerprint density at radius 1 is 1.23 bits per heavy atom. The van der Waals surface area contributed by atoms with Crippen molar-refractivity contribution in [3.63, 3.8) is 0 Å². The maximum absolute atomic E-state index is 12.2. The molecule has 0 saturated carbocycles. The number of benzene rings is 1. The van der Waals surface area contributed by atoms with Crippen LogP contribution in [0.25, 0.3) is 0 Å². The minimum Gasteiger partial charge on any atom is -0.381 e. The molecule has 0 bridgehead atoms. The highest BCUT2D eigenvalue weighted by Gasteiger charge is 2.21. The smallest absolute Gasteiger partial charge is 0.223 e. The Kier molecular flexibility index (Phi) is 4.85. The van der Waals surface area contributed by atoms with E-state index in [1.807, 2.05) is 29.1 Å². The molecule has 1 N–H and O–H groups in total. The fraction of sp³-hybridized carbons (Fsp3) is 0.412. The molecule has 1 fully saturated rings. The molecule has 1 aliphatic heterocycles. The van der Waals surface area contributed by atoms with Gasteiger partial charge in [-0.15, -0.1) is 0 Å². The lowest BCUT2D eigenvalue weighted by molar-refractivity contribution is -0.128. The zero-order chi connectivity index (χ0) is 15.2. The first kappa shape index (κ1) is 14.8. The molecule has 2 heterocycles. The normalized spacial score (nSPS) is 15.6. The first-order valence-corrected chi connectivity index (χ1v) is 7.72. The highest BCUT2D eigenvalue weighted by atomic mass is 16.5. The Labute approximate surface area is 130 Å². The van der Waals surface area contributed by atoms with Crippen LogP contribution in [-0.2, 0) is 22.6 Å². The number of ether oxygens (including phenoxy) is 1. The summed E-state index contributed by atoms with van der Waals surface area (Å²) in [5.74, 6) is 0.226. The van der Waals surface area contributed by atoms with Crippen LogP contribution in [-0.4, -0.2) is 28.9 Å². The van der Waals surface area contributed by atoms with Gasteiger partial charge in [0.05, 0.1) is 6.54 Å². The van der Waals surface area contributed by atoms with Crippen molar-refractivity contribution in [3.05, 3.63) is 53.9 Å². The van der Waals surface area contributed by atoms with Crippen molar-refractivity contribution < 1.29 is 9.53 Å². The molecule has 1 aromatic heterocycles. The number of rotatable bonds is 5. The van der Waals surface area contributed by atoms with E-state index in [-0.39, 0.29) is 11.8 Å². The third-order valence-electron chi connectivity index (χ3n) is 4.06. The fourth-order valence-electron chi connectivity index (χ4n) is 2.74. The van der Waals surface area contributed by atoms with E-state index in [0.717, 1.165) is 24.9 Å². The minimum absolute atomic E-state index is 0.0898. The van der Waals surface area contributed by atoms with Crippen LogP contribution in [0.2, 0.25) is 0 Å². The molecule has 3 rings (SSSR count). The molecule has 1 amide bonds. The number of amides is 1. The van der Waals surface area contributed by atoms with Crippen molar-refractivity contribution in [2.24, 2.45) is 5.92 Å². The van der Waals surface area contributed by atoms with Crippen molar-refractivity contribution in [3.8, 4) is 0 Å². The van der Waals surface area contributed by atoms with E-state index in [9.17, 15) is 4.79 Å². The second-order valence-corrected chi connectivity index (χ2v) is 5.58. The zero-order valence-electron chi connectivity index (χ0n) is 12.6. The molecule has 5 nitrogen and oxygen atoms in total. The molecular formula is C17H21N3O2. The van der Waals surface area contributed by atoms with Gasteiger partial charge in [0.1, 0.15) is 0 Å². The van der Waals surface area contributed by atoms with Crippen LogP contribution in [0.1, 0.15) is 24.0 Å². The summed E-state index contributed by atoms with van der Waals surface area (Å²) in [5.41, 5.74) is 2.32. The molecule has 1 aliphatic rings. The van der Waals surface area contributed by atoms with Gasteiger partial charge in [-0.2, -0.15) is 5.10 Å². The van der Waals surface area contributed by atoms with E-state index >= 15 is 0 Å². The molecule has 1 saturated heterocycles. The second-order valence-electron chi connectivity index (χ2n) is 5.58. The Morgan fingerprint density at radius 2 is 2.00 bits per heavy atom. The summed E-state index contributed by atoms with van der Waals surface area (Å²) in [5, 5.41) is 7.30. The SMILES string of the molecule is O=C(NCc1ccccc1Cn1cccn1)C1CCOCC1. The second kappa shape index (κ2) is 7.22. The van der Waals surface area contributed by atoms with Gasteiger partial charge in [-0.05, 0) is 30.0 Å². The summed E-state index contributed by atoms with van der Waals surface area (Å²) in [7, 11) is 0. The van der Waals surface area contributed by atoms with E-state index in [1.165, 1.54) is 5.56 Å². The number of aromatic nitrogens is 2. The summed E-state index contributed by atoms with van der Waals surface area (Å²) in [6, 6.07) is 10.1. The molecule has 5 heteroatoms. The summed E-state index contributed by atoms with van der Waals surface area (Å²) >= 11 is 0.